The second-order valence-electron chi connectivity index (χ2n) is 9.39. The summed E-state index contributed by atoms with van der Waals surface area (Å²) in [6, 6.07) is 7.56. The summed E-state index contributed by atoms with van der Waals surface area (Å²) < 4.78 is 0. The molecule has 2 rings (SSSR count). The molecule has 7 heteroatoms. The lowest BCUT2D eigenvalue weighted by Crippen LogP contribution is -2.54. The van der Waals surface area contributed by atoms with Crippen molar-refractivity contribution in [1.82, 2.24) is 20.0 Å². The topological polar surface area (TPSA) is 73.0 Å². The van der Waals surface area contributed by atoms with Crippen molar-refractivity contribution in [3.05, 3.63) is 35.4 Å². The van der Waals surface area contributed by atoms with Gasteiger partial charge >= 0.3 is 0 Å². The SMILES string of the molecule is CC(C)c1ccc(C(=O)N(C)CC(=O)N2CCN(CC(=O)NC(C)(C)C)CC2)cc1. The van der Waals surface area contributed by atoms with Crippen LogP contribution in [-0.2, 0) is 9.59 Å². The van der Waals surface area contributed by atoms with E-state index in [0.717, 1.165) is 0 Å². The minimum absolute atomic E-state index is 0.00362. The molecule has 3 amide bonds. The Balaban J connectivity index is 1.81. The number of amides is 3. The van der Waals surface area contributed by atoms with Crippen molar-refractivity contribution in [3.63, 3.8) is 0 Å². The highest BCUT2D eigenvalue weighted by Crippen LogP contribution is 2.15. The molecule has 1 aliphatic heterocycles. The first-order chi connectivity index (χ1) is 14.0. The van der Waals surface area contributed by atoms with E-state index < -0.39 is 0 Å². The number of hydrogen-bond acceptors (Lipinski definition) is 4. The van der Waals surface area contributed by atoms with Crippen LogP contribution < -0.4 is 5.32 Å². The van der Waals surface area contributed by atoms with Gasteiger partial charge in [0, 0.05) is 44.3 Å². The van der Waals surface area contributed by atoms with Crippen molar-refractivity contribution >= 4 is 17.7 Å². The zero-order valence-corrected chi connectivity index (χ0v) is 19.2. The van der Waals surface area contributed by atoms with Crippen molar-refractivity contribution in [2.24, 2.45) is 0 Å². The first-order valence-electron chi connectivity index (χ1n) is 10.6. The summed E-state index contributed by atoms with van der Waals surface area (Å²) in [6.45, 7) is 12.9. The molecule has 0 bridgehead atoms. The number of nitrogens with one attached hydrogen (secondary N) is 1. The maximum absolute atomic E-state index is 12.6. The Hall–Kier alpha value is -2.41. The van der Waals surface area contributed by atoms with E-state index in [1.807, 2.05) is 45.0 Å². The lowest BCUT2D eigenvalue weighted by Gasteiger charge is -2.35. The first kappa shape index (κ1) is 23.9. The highest BCUT2D eigenvalue weighted by Gasteiger charge is 2.25. The van der Waals surface area contributed by atoms with E-state index in [2.05, 4.69) is 24.1 Å². The molecule has 0 radical (unpaired) electrons. The van der Waals surface area contributed by atoms with Crippen LogP contribution in [0.4, 0.5) is 0 Å². The van der Waals surface area contributed by atoms with Crippen molar-refractivity contribution in [3.8, 4) is 0 Å². The van der Waals surface area contributed by atoms with Crippen LogP contribution in [0, 0.1) is 0 Å². The second kappa shape index (κ2) is 10.1. The van der Waals surface area contributed by atoms with Gasteiger partial charge in [0.1, 0.15) is 0 Å². The van der Waals surface area contributed by atoms with Crippen LogP contribution >= 0.6 is 0 Å². The third-order valence-electron chi connectivity index (χ3n) is 5.15. The van der Waals surface area contributed by atoms with E-state index in [-0.39, 0.29) is 29.8 Å². The summed E-state index contributed by atoms with van der Waals surface area (Å²) in [7, 11) is 1.66. The number of carbonyl (C=O) groups is 3. The lowest BCUT2D eigenvalue weighted by molar-refractivity contribution is -0.133. The maximum atomic E-state index is 12.6. The van der Waals surface area contributed by atoms with E-state index in [1.54, 1.807) is 11.9 Å². The molecule has 7 nitrogen and oxygen atoms in total. The van der Waals surface area contributed by atoms with Gasteiger partial charge in [-0.3, -0.25) is 19.3 Å². The number of likely N-dealkylation sites (N-methyl/N-ethyl adjacent to an activating group) is 1. The number of rotatable bonds is 6. The third kappa shape index (κ3) is 7.13. The molecule has 1 fully saturated rings. The van der Waals surface area contributed by atoms with Gasteiger partial charge in [-0.05, 0) is 44.4 Å². The van der Waals surface area contributed by atoms with Crippen LogP contribution in [0.5, 0.6) is 0 Å². The average molecular weight is 417 g/mol. The van der Waals surface area contributed by atoms with Gasteiger partial charge in [0.15, 0.2) is 0 Å². The van der Waals surface area contributed by atoms with Crippen LogP contribution in [0.3, 0.4) is 0 Å². The summed E-state index contributed by atoms with van der Waals surface area (Å²) in [6.07, 6.45) is 0. The van der Waals surface area contributed by atoms with E-state index in [4.69, 9.17) is 0 Å². The average Bonchev–Trinajstić information content (AvgIpc) is 2.66. The highest BCUT2D eigenvalue weighted by molar-refractivity contribution is 5.96. The largest absolute Gasteiger partial charge is 0.350 e. The van der Waals surface area contributed by atoms with Gasteiger partial charge in [0.25, 0.3) is 5.91 Å². The fraction of sp³-hybridized carbons (Fsp3) is 0.609. The molecule has 0 spiro atoms. The second-order valence-corrected chi connectivity index (χ2v) is 9.39. The Labute approximate surface area is 180 Å². The monoisotopic (exact) mass is 416 g/mol. The number of carbonyl (C=O) groups excluding carboxylic acids is 3. The minimum Gasteiger partial charge on any atom is -0.350 e. The quantitative estimate of drug-likeness (QED) is 0.769. The fourth-order valence-corrected chi connectivity index (χ4v) is 3.42. The molecule has 166 valence electrons. The van der Waals surface area contributed by atoms with Crippen LogP contribution in [0.15, 0.2) is 24.3 Å². The molecule has 0 aliphatic carbocycles. The third-order valence-corrected chi connectivity index (χ3v) is 5.15. The van der Waals surface area contributed by atoms with Crippen molar-refractivity contribution in [1.29, 1.82) is 0 Å². The fourth-order valence-electron chi connectivity index (χ4n) is 3.42. The molecular weight excluding hydrogens is 380 g/mol. The van der Waals surface area contributed by atoms with E-state index >= 15 is 0 Å². The Kier molecular flexibility index (Phi) is 8.01. The van der Waals surface area contributed by atoms with E-state index in [1.165, 1.54) is 10.5 Å². The van der Waals surface area contributed by atoms with E-state index in [9.17, 15) is 14.4 Å². The summed E-state index contributed by atoms with van der Waals surface area (Å²) in [5.74, 6) is 0.183. The zero-order chi connectivity index (χ0) is 22.5. The predicted octanol–water partition coefficient (Wildman–Crippen LogP) is 1.94. The molecule has 0 saturated carbocycles. The molecular formula is C23H36N4O3. The Morgan fingerprint density at radius 1 is 1.03 bits per heavy atom. The number of nitrogens with zero attached hydrogens (tertiary/aromatic N) is 3. The first-order valence-corrected chi connectivity index (χ1v) is 10.6. The summed E-state index contributed by atoms with van der Waals surface area (Å²) in [4.78, 5) is 42.6. The standard InChI is InChI=1S/C23H36N4O3/c1-17(2)18-7-9-19(10-8-18)22(30)25(6)16-21(29)27-13-11-26(12-14-27)15-20(28)24-23(3,4)5/h7-10,17H,11-16H2,1-6H3,(H,24,28). The molecule has 1 aromatic carbocycles. The van der Waals surface area contributed by atoms with Gasteiger partial charge < -0.3 is 15.1 Å². The molecule has 1 N–H and O–H groups in total. The molecule has 1 aromatic rings. The van der Waals surface area contributed by atoms with Gasteiger partial charge in [0.05, 0.1) is 13.1 Å². The van der Waals surface area contributed by atoms with Crippen LogP contribution in [0.25, 0.3) is 0 Å². The van der Waals surface area contributed by atoms with Crippen molar-refractivity contribution in [2.75, 3.05) is 46.3 Å². The van der Waals surface area contributed by atoms with Gasteiger partial charge in [-0.2, -0.15) is 0 Å². The summed E-state index contributed by atoms with van der Waals surface area (Å²) in [5, 5.41) is 2.96. The van der Waals surface area contributed by atoms with Crippen molar-refractivity contribution < 1.29 is 14.4 Å². The van der Waals surface area contributed by atoms with Gasteiger partial charge in [-0.25, -0.2) is 0 Å². The zero-order valence-electron chi connectivity index (χ0n) is 19.2. The molecule has 1 heterocycles. The van der Waals surface area contributed by atoms with Crippen LogP contribution in [0.1, 0.15) is 56.5 Å². The van der Waals surface area contributed by atoms with E-state index in [0.29, 0.717) is 44.2 Å². The number of benzene rings is 1. The Bertz CT molecular complexity index is 745. The molecule has 0 unspecified atom stereocenters. The molecule has 0 aromatic heterocycles. The molecule has 1 saturated heterocycles. The van der Waals surface area contributed by atoms with Gasteiger partial charge in [-0.1, -0.05) is 26.0 Å². The summed E-state index contributed by atoms with van der Waals surface area (Å²) >= 11 is 0. The minimum atomic E-state index is -0.249. The highest BCUT2D eigenvalue weighted by atomic mass is 16.2. The van der Waals surface area contributed by atoms with Crippen molar-refractivity contribution in [2.45, 2.75) is 46.1 Å². The predicted molar refractivity (Wildman–Crippen MR) is 118 cm³/mol. The van der Waals surface area contributed by atoms with Gasteiger partial charge in [-0.15, -0.1) is 0 Å². The Morgan fingerprint density at radius 3 is 2.10 bits per heavy atom. The Morgan fingerprint density at radius 2 is 1.60 bits per heavy atom. The smallest absolute Gasteiger partial charge is 0.254 e. The number of hydrogen-bond donors (Lipinski definition) is 1. The van der Waals surface area contributed by atoms with Gasteiger partial charge in [0.2, 0.25) is 11.8 Å². The maximum Gasteiger partial charge on any atom is 0.254 e. The van der Waals surface area contributed by atoms with Crippen LogP contribution in [-0.4, -0.2) is 84.3 Å². The number of piperazine rings is 1. The summed E-state index contributed by atoms with van der Waals surface area (Å²) in [5.41, 5.74) is 1.52. The lowest BCUT2D eigenvalue weighted by atomic mass is 10.0. The van der Waals surface area contributed by atoms with Crippen LogP contribution in [0.2, 0.25) is 0 Å². The molecule has 0 atom stereocenters. The molecule has 30 heavy (non-hydrogen) atoms. The molecule has 1 aliphatic rings. The normalized spacial score (nSPS) is 15.2.